The zero-order chi connectivity index (χ0) is 16.2. The lowest BCUT2D eigenvalue weighted by molar-refractivity contribution is -0.122. The van der Waals surface area contributed by atoms with Crippen molar-refractivity contribution in [3.8, 4) is 0 Å². The van der Waals surface area contributed by atoms with Crippen molar-refractivity contribution in [3.05, 3.63) is 24.3 Å². The summed E-state index contributed by atoms with van der Waals surface area (Å²) < 4.78 is 2.14. The average Bonchev–Trinajstić information content (AvgIpc) is 2.84. The molecule has 3 rings (SSSR count). The zero-order valence-corrected chi connectivity index (χ0v) is 14.1. The highest BCUT2D eigenvalue weighted by molar-refractivity contribution is 5.93. The summed E-state index contributed by atoms with van der Waals surface area (Å²) >= 11 is 0. The van der Waals surface area contributed by atoms with Crippen LogP contribution in [0.5, 0.6) is 0 Å². The van der Waals surface area contributed by atoms with Gasteiger partial charge < -0.3 is 9.47 Å². The molecule has 124 valence electrons. The molecule has 1 aliphatic rings. The summed E-state index contributed by atoms with van der Waals surface area (Å²) in [5, 5.41) is 3.06. The van der Waals surface area contributed by atoms with E-state index in [0.29, 0.717) is 5.95 Å². The lowest BCUT2D eigenvalue weighted by Gasteiger charge is -2.24. The molecule has 0 aliphatic heterocycles. The van der Waals surface area contributed by atoms with Crippen LogP contribution in [0.25, 0.3) is 11.0 Å². The van der Waals surface area contributed by atoms with Gasteiger partial charge in [0, 0.05) is 19.0 Å². The number of benzene rings is 1. The van der Waals surface area contributed by atoms with Crippen LogP contribution in [0, 0.1) is 5.92 Å². The third kappa shape index (κ3) is 3.39. The first-order valence-corrected chi connectivity index (χ1v) is 8.71. The van der Waals surface area contributed by atoms with Crippen molar-refractivity contribution >= 4 is 22.9 Å². The smallest absolute Gasteiger partial charge is 0.229 e. The highest BCUT2D eigenvalue weighted by Crippen LogP contribution is 2.28. The Kier molecular flexibility index (Phi) is 4.96. The number of para-hydroxylation sites is 2. The van der Waals surface area contributed by atoms with E-state index >= 15 is 0 Å². The summed E-state index contributed by atoms with van der Waals surface area (Å²) in [6.45, 7) is 8.21. The van der Waals surface area contributed by atoms with Gasteiger partial charge in [0.15, 0.2) is 0 Å². The largest absolute Gasteiger partial charge is 0.309 e. The molecule has 0 bridgehead atoms. The van der Waals surface area contributed by atoms with E-state index in [2.05, 4.69) is 39.7 Å². The Morgan fingerprint density at radius 2 is 2.04 bits per heavy atom. The minimum Gasteiger partial charge on any atom is -0.309 e. The van der Waals surface area contributed by atoms with Crippen LogP contribution in [0.3, 0.4) is 0 Å². The van der Waals surface area contributed by atoms with Gasteiger partial charge in [-0.3, -0.25) is 10.1 Å². The van der Waals surface area contributed by atoms with Gasteiger partial charge in [-0.1, -0.05) is 32.4 Å². The first-order valence-electron chi connectivity index (χ1n) is 8.71. The molecular weight excluding hydrogens is 288 g/mol. The topological polar surface area (TPSA) is 50.2 Å². The molecule has 1 aliphatic carbocycles. The van der Waals surface area contributed by atoms with Gasteiger partial charge in [-0.25, -0.2) is 4.98 Å². The number of hydrogen-bond acceptors (Lipinski definition) is 3. The Hall–Kier alpha value is -1.88. The molecule has 1 aromatic carbocycles. The van der Waals surface area contributed by atoms with Crippen LogP contribution in [-0.2, 0) is 11.3 Å². The lowest BCUT2D eigenvalue weighted by Crippen LogP contribution is -2.30. The van der Waals surface area contributed by atoms with Crippen LogP contribution < -0.4 is 5.32 Å². The van der Waals surface area contributed by atoms with Gasteiger partial charge in [0.25, 0.3) is 0 Å². The Bertz CT molecular complexity index is 671. The van der Waals surface area contributed by atoms with Gasteiger partial charge >= 0.3 is 0 Å². The van der Waals surface area contributed by atoms with Gasteiger partial charge in [0.05, 0.1) is 11.0 Å². The Morgan fingerprint density at radius 3 is 2.70 bits per heavy atom. The predicted octanol–water partition coefficient (Wildman–Crippen LogP) is 3.12. The third-order valence-corrected chi connectivity index (χ3v) is 4.90. The minimum atomic E-state index is 0.121. The second-order valence-corrected chi connectivity index (χ2v) is 6.22. The van der Waals surface area contributed by atoms with Gasteiger partial charge in [-0.05, 0) is 38.1 Å². The molecule has 0 unspecified atom stereocenters. The molecule has 1 saturated carbocycles. The molecule has 23 heavy (non-hydrogen) atoms. The Labute approximate surface area is 137 Å². The van der Waals surface area contributed by atoms with E-state index in [1.807, 2.05) is 18.2 Å². The van der Waals surface area contributed by atoms with Crippen molar-refractivity contribution in [3.63, 3.8) is 0 Å². The maximum atomic E-state index is 12.3. The maximum absolute atomic E-state index is 12.3. The van der Waals surface area contributed by atoms with Crippen molar-refractivity contribution < 1.29 is 4.79 Å². The first kappa shape index (κ1) is 16.0. The number of amides is 1. The third-order valence-electron chi connectivity index (χ3n) is 4.90. The number of aromatic nitrogens is 2. The second-order valence-electron chi connectivity index (χ2n) is 6.22. The van der Waals surface area contributed by atoms with Crippen molar-refractivity contribution in [1.29, 1.82) is 0 Å². The molecule has 0 saturated heterocycles. The number of likely N-dealkylation sites (N-methyl/N-ethyl adjacent to an activating group) is 1. The quantitative estimate of drug-likeness (QED) is 0.854. The fourth-order valence-corrected chi connectivity index (χ4v) is 3.06. The van der Waals surface area contributed by atoms with E-state index in [0.717, 1.165) is 56.5 Å². The summed E-state index contributed by atoms with van der Waals surface area (Å²) in [5.41, 5.74) is 2.03. The van der Waals surface area contributed by atoms with Crippen molar-refractivity contribution in [2.75, 3.05) is 25.0 Å². The van der Waals surface area contributed by atoms with E-state index in [9.17, 15) is 4.79 Å². The van der Waals surface area contributed by atoms with E-state index in [-0.39, 0.29) is 11.8 Å². The van der Waals surface area contributed by atoms with Crippen LogP contribution in [0.4, 0.5) is 5.95 Å². The van der Waals surface area contributed by atoms with Crippen molar-refractivity contribution in [2.45, 2.75) is 39.7 Å². The molecule has 1 aromatic heterocycles. The number of anilines is 1. The average molecular weight is 314 g/mol. The number of imidazole rings is 1. The van der Waals surface area contributed by atoms with Crippen LogP contribution in [0.2, 0.25) is 0 Å². The number of nitrogens with one attached hydrogen (secondary N) is 1. The standard InChI is InChI=1S/C18H26N4O/c1-3-21(4-2)12-13-22-16-11-6-5-10-15(16)19-18(22)20-17(23)14-8-7-9-14/h5-6,10-11,14H,3-4,7-9,12-13H2,1-2H3,(H,19,20,23). The molecule has 2 aromatic rings. The van der Waals surface area contributed by atoms with Gasteiger partial charge in [-0.15, -0.1) is 0 Å². The number of carbonyl (C=O) groups is 1. The summed E-state index contributed by atoms with van der Waals surface area (Å²) in [6.07, 6.45) is 3.17. The molecule has 1 heterocycles. The molecule has 0 radical (unpaired) electrons. The SMILES string of the molecule is CCN(CC)CCn1c(NC(=O)C2CCC2)nc2ccccc21. The fourth-order valence-electron chi connectivity index (χ4n) is 3.06. The molecular formula is C18H26N4O. The van der Waals surface area contributed by atoms with Crippen LogP contribution in [-0.4, -0.2) is 40.0 Å². The Morgan fingerprint density at radius 1 is 1.30 bits per heavy atom. The van der Waals surface area contributed by atoms with Crippen molar-refractivity contribution in [2.24, 2.45) is 5.92 Å². The monoisotopic (exact) mass is 314 g/mol. The van der Waals surface area contributed by atoms with Crippen LogP contribution in [0.15, 0.2) is 24.3 Å². The number of nitrogens with zero attached hydrogens (tertiary/aromatic N) is 3. The van der Waals surface area contributed by atoms with E-state index in [1.54, 1.807) is 0 Å². The van der Waals surface area contributed by atoms with Gasteiger partial charge in [0.1, 0.15) is 0 Å². The molecule has 0 atom stereocenters. The predicted molar refractivity (Wildman–Crippen MR) is 93.5 cm³/mol. The van der Waals surface area contributed by atoms with Crippen LogP contribution >= 0.6 is 0 Å². The molecule has 5 heteroatoms. The normalized spacial score (nSPS) is 15.1. The van der Waals surface area contributed by atoms with Crippen LogP contribution in [0.1, 0.15) is 33.1 Å². The lowest BCUT2D eigenvalue weighted by atomic mass is 9.85. The number of hydrogen-bond donors (Lipinski definition) is 1. The number of carbonyl (C=O) groups excluding carboxylic acids is 1. The zero-order valence-electron chi connectivity index (χ0n) is 14.1. The molecule has 1 fully saturated rings. The summed E-state index contributed by atoms with van der Waals surface area (Å²) in [6, 6.07) is 8.09. The van der Waals surface area contributed by atoms with Gasteiger partial charge in [0.2, 0.25) is 11.9 Å². The molecule has 5 nitrogen and oxygen atoms in total. The minimum absolute atomic E-state index is 0.121. The second kappa shape index (κ2) is 7.13. The van der Waals surface area contributed by atoms with E-state index in [4.69, 9.17) is 0 Å². The first-order chi connectivity index (χ1) is 11.2. The summed E-state index contributed by atoms with van der Waals surface area (Å²) in [5.74, 6) is 0.983. The van der Waals surface area contributed by atoms with E-state index in [1.165, 1.54) is 0 Å². The summed E-state index contributed by atoms with van der Waals surface area (Å²) in [4.78, 5) is 19.3. The highest BCUT2D eigenvalue weighted by atomic mass is 16.2. The highest BCUT2D eigenvalue weighted by Gasteiger charge is 2.26. The molecule has 0 spiro atoms. The molecule has 1 N–H and O–H groups in total. The number of fused-ring (bicyclic) bond motifs is 1. The molecule has 1 amide bonds. The fraction of sp³-hybridized carbons (Fsp3) is 0.556. The Balaban J connectivity index is 1.83. The maximum Gasteiger partial charge on any atom is 0.229 e. The van der Waals surface area contributed by atoms with Gasteiger partial charge in [-0.2, -0.15) is 0 Å². The number of rotatable bonds is 7. The van der Waals surface area contributed by atoms with Crippen molar-refractivity contribution in [1.82, 2.24) is 14.5 Å². The van der Waals surface area contributed by atoms with E-state index < -0.39 is 0 Å². The summed E-state index contributed by atoms with van der Waals surface area (Å²) in [7, 11) is 0.